The molecule has 0 radical (unpaired) electrons. The minimum atomic E-state index is -0.360. The van der Waals surface area contributed by atoms with E-state index in [1.807, 2.05) is 30.3 Å². The molecule has 1 heterocycles. The molecule has 1 N–H and O–H groups in total. The molecule has 2 atom stereocenters. The van der Waals surface area contributed by atoms with Crippen LogP contribution in [-0.2, 0) is 22.5 Å². The third-order valence-electron chi connectivity index (χ3n) is 5.36. The Labute approximate surface area is 169 Å². The second kappa shape index (κ2) is 10.2. The van der Waals surface area contributed by atoms with Gasteiger partial charge in [0.2, 0.25) is 0 Å². The Morgan fingerprint density at radius 1 is 1.14 bits per heavy atom. The number of alkyl carbamates (subject to hydrolysis) is 1. The molecule has 5 heteroatoms. The molecule has 0 aromatic heterocycles. The van der Waals surface area contributed by atoms with Gasteiger partial charge in [-0.1, -0.05) is 61.5 Å². The van der Waals surface area contributed by atoms with E-state index in [1.54, 1.807) is 7.11 Å². The van der Waals surface area contributed by atoms with Crippen molar-refractivity contribution in [1.29, 1.82) is 0 Å². The fraction of sp³-hybridized carbons (Fsp3) is 0.435. The minimum absolute atomic E-state index is 0. The lowest BCUT2D eigenvalue weighted by molar-refractivity contribution is 0.134. The van der Waals surface area contributed by atoms with Crippen molar-refractivity contribution in [1.82, 2.24) is 10.2 Å². The Balaban J connectivity index is 0.00000300. The van der Waals surface area contributed by atoms with E-state index in [4.69, 9.17) is 9.47 Å². The topological polar surface area (TPSA) is 50.8 Å². The number of nitrogens with one attached hydrogen (secondary N) is 1. The maximum atomic E-state index is 12.4. The van der Waals surface area contributed by atoms with Crippen molar-refractivity contribution in [3.05, 3.63) is 71.3 Å². The van der Waals surface area contributed by atoms with Crippen LogP contribution >= 0.6 is 0 Å². The van der Waals surface area contributed by atoms with Gasteiger partial charge in [-0.3, -0.25) is 4.90 Å². The fourth-order valence-corrected chi connectivity index (χ4v) is 3.88. The van der Waals surface area contributed by atoms with Crippen molar-refractivity contribution < 1.29 is 15.7 Å². The summed E-state index contributed by atoms with van der Waals surface area (Å²) in [5.74, 6) is 0.247. The lowest BCUT2D eigenvalue weighted by atomic mass is 9.89. The van der Waals surface area contributed by atoms with Gasteiger partial charge >= 0.3 is 6.09 Å². The van der Waals surface area contributed by atoms with Gasteiger partial charge in [0.25, 0.3) is 0 Å². The monoisotopic (exact) mass is 384 g/mol. The maximum absolute atomic E-state index is 12.4. The van der Waals surface area contributed by atoms with Gasteiger partial charge in [0.15, 0.2) is 0 Å². The van der Waals surface area contributed by atoms with Crippen LogP contribution in [0.1, 0.15) is 31.0 Å². The number of rotatable bonds is 8. The predicted octanol–water partition coefficient (Wildman–Crippen LogP) is 3.84. The van der Waals surface area contributed by atoms with Gasteiger partial charge in [-0.25, -0.2) is 4.79 Å². The number of hydrogen-bond acceptors (Lipinski definition) is 4. The molecule has 3 rings (SSSR count). The van der Waals surface area contributed by atoms with Crippen molar-refractivity contribution >= 4 is 6.09 Å². The molecular formula is C23H32N2O3. The first kappa shape index (κ1) is 20.4. The van der Waals surface area contributed by atoms with E-state index in [0.29, 0.717) is 6.61 Å². The number of carbonyl (C=O) groups is 1. The van der Waals surface area contributed by atoms with Crippen LogP contribution in [0.25, 0.3) is 0 Å². The van der Waals surface area contributed by atoms with Crippen molar-refractivity contribution in [3.8, 4) is 0 Å². The molecule has 2 aromatic carbocycles. The number of amides is 1. The lowest BCUT2D eigenvalue weighted by Gasteiger charge is -2.22. The summed E-state index contributed by atoms with van der Waals surface area (Å²) < 4.78 is 10.7. The van der Waals surface area contributed by atoms with Crippen molar-refractivity contribution in [2.45, 2.75) is 31.9 Å². The molecule has 152 valence electrons. The number of benzene rings is 2. The fourth-order valence-electron chi connectivity index (χ4n) is 3.88. The molecule has 0 spiro atoms. The summed E-state index contributed by atoms with van der Waals surface area (Å²) in [6.45, 7) is 5.71. The zero-order valence-corrected chi connectivity index (χ0v) is 16.8. The molecule has 1 fully saturated rings. The van der Waals surface area contributed by atoms with E-state index in [-0.39, 0.29) is 26.1 Å². The molecule has 0 saturated carbocycles. The zero-order valence-electron chi connectivity index (χ0n) is 16.8. The van der Waals surface area contributed by atoms with Gasteiger partial charge in [-0.15, -0.1) is 0 Å². The second-order valence-electron chi connectivity index (χ2n) is 7.22. The highest BCUT2D eigenvalue weighted by atomic mass is 16.5. The molecule has 5 nitrogen and oxygen atoms in total. The number of ether oxygens (including phenoxy) is 2. The van der Waals surface area contributed by atoms with Gasteiger partial charge in [0.1, 0.15) is 6.61 Å². The largest absolute Gasteiger partial charge is 0.445 e. The molecule has 1 saturated heterocycles. The highest BCUT2D eigenvalue weighted by Crippen LogP contribution is 2.30. The molecule has 1 amide bonds. The number of hydrogen-bond donors (Lipinski definition) is 1. The van der Waals surface area contributed by atoms with Crippen LogP contribution in [0.2, 0.25) is 0 Å². The first-order chi connectivity index (χ1) is 13.7. The van der Waals surface area contributed by atoms with Gasteiger partial charge in [0.05, 0.1) is 12.6 Å². The highest BCUT2D eigenvalue weighted by molar-refractivity contribution is 5.68. The first-order valence-corrected chi connectivity index (χ1v) is 9.97. The van der Waals surface area contributed by atoms with Gasteiger partial charge in [0, 0.05) is 34.1 Å². The van der Waals surface area contributed by atoms with Crippen LogP contribution in [0.4, 0.5) is 4.79 Å². The Morgan fingerprint density at radius 3 is 2.64 bits per heavy atom. The number of aryl methyl sites for hydroxylation is 1. The van der Waals surface area contributed by atoms with Crippen molar-refractivity contribution in [3.63, 3.8) is 0 Å². The van der Waals surface area contributed by atoms with Gasteiger partial charge in [-0.2, -0.15) is 0 Å². The van der Waals surface area contributed by atoms with E-state index in [0.717, 1.165) is 31.6 Å². The Morgan fingerprint density at radius 2 is 1.89 bits per heavy atom. The minimum Gasteiger partial charge on any atom is -0.445 e. The molecule has 1 aliphatic heterocycles. The van der Waals surface area contributed by atoms with Crippen LogP contribution < -0.4 is 5.32 Å². The summed E-state index contributed by atoms with van der Waals surface area (Å²) in [5.41, 5.74) is 3.64. The Hall–Kier alpha value is -2.37. The average Bonchev–Trinajstić information content (AvgIpc) is 3.13. The van der Waals surface area contributed by atoms with Gasteiger partial charge < -0.3 is 14.8 Å². The molecule has 1 unspecified atom stereocenters. The van der Waals surface area contributed by atoms with E-state index in [9.17, 15) is 4.79 Å². The Bertz CT molecular complexity index is 757. The van der Waals surface area contributed by atoms with Crippen molar-refractivity contribution in [2.24, 2.45) is 0 Å². The normalized spacial score (nSPS) is 19.5. The van der Waals surface area contributed by atoms with E-state index in [2.05, 4.69) is 41.4 Å². The summed E-state index contributed by atoms with van der Waals surface area (Å²) in [6, 6.07) is 18.3. The van der Waals surface area contributed by atoms with E-state index in [1.165, 1.54) is 11.1 Å². The summed E-state index contributed by atoms with van der Waals surface area (Å²) in [7, 11) is 1.72. The summed E-state index contributed by atoms with van der Waals surface area (Å²) >= 11 is 0. The summed E-state index contributed by atoms with van der Waals surface area (Å²) in [6.07, 6.45) is 0.622. The molecule has 0 aliphatic carbocycles. The maximum Gasteiger partial charge on any atom is 0.407 e. The highest BCUT2D eigenvalue weighted by Gasteiger charge is 2.35. The number of likely N-dealkylation sites (tertiary alicyclic amines) is 1. The number of nitrogens with zero attached hydrogens (tertiary/aromatic N) is 1. The molecule has 0 bridgehead atoms. The molecule has 1 aliphatic rings. The van der Waals surface area contributed by atoms with Crippen LogP contribution in [0, 0.1) is 0 Å². The first-order valence-electron chi connectivity index (χ1n) is 9.97. The zero-order chi connectivity index (χ0) is 19.8. The van der Waals surface area contributed by atoms with Crippen LogP contribution in [0.15, 0.2) is 54.6 Å². The molecule has 2 aromatic rings. The summed E-state index contributed by atoms with van der Waals surface area (Å²) in [5, 5.41) is 3.11. The third kappa shape index (κ3) is 5.33. The quantitative estimate of drug-likeness (QED) is 0.751. The lowest BCUT2D eigenvalue weighted by Crippen LogP contribution is -2.40. The van der Waals surface area contributed by atoms with Crippen LogP contribution in [0.5, 0.6) is 0 Å². The van der Waals surface area contributed by atoms with Gasteiger partial charge in [-0.05, 0) is 23.1 Å². The third-order valence-corrected chi connectivity index (χ3v) is 5.36. The SMILES string of the molecule is CCc1ccccc1[C@@H]1CN(CCOC)CC1NC(=O)OCc1ccccc1.[HH]. The van der Waals surface area contributed by atoms with E-state index < -0.39 is 0 Å². The number of methoxy groups -OCH3 is 1. The molecule has 28 heavy (non-hydrogen) atoms. The number of carbonyl (C=O) groups excluding carboxylic acids is 1. The van der Waals surface area contributed by atoms with Crippen molar-refractivity contribution in [2.75, 3.05) is 33.4 Å². The van der Waals surface area contributed by atoms with Crippen LogP contribution in [-0.4, -0.2) is 50.4 Å². The standard InChI is InChI=1S/C23H30N2O3.H2/c1-3-19-11-7-8-12-20(19)21-15-25(13-14-27-2)16-22(21)24-23(26)28-17-18-9-5-4-6-10-18;/h4-12,21-22H,3,13-17H2,1-2H3,(H,24,26);1H/t21-,22?;/m0./s1. The summed E-state index contributed by atoms with van der Waals surface area (Å²) in [4.78, 5) is 14.8. The smallest absolute Gasteiger partial charge is 0.407 e. The Kier molecular flexibility index (Phi) is 7.46. The average molecular weight is 385 g/mol. The molecular weight excluding hydrogens is 352 g/mol. The van der Waals surface area contributed by atoms with E-state index >= 15 is 0 Å². The van der Waals surface area contributed by atoms with Crippen LogP contribution in [0.3, 0.4) is 0 Å². The predicted molar refractivity (Wildman–Crippen MR) is 113 cm³/mol. The second-order valence-corrected chi connectivity index (χ2v) is 7.22.